The normalized spacial score (nSPS) is 15.0. The topological polar surface area (TPSA) is 65.4 Å². The molecule has 5 heteroatoms. The van der Waals surface area contributed by atoms with Crippen LogP contribution in [0.1, 0.15) is 31.7 Å². The molecule has 0 saturated carbocycles. The van der Waals surface area contributed by atoms with Gasteiger partial charge in [0.05, 0.1) is 23.0 Å². The molecule has 1 fully saturated rings. The predicted octanol–water partition coefficient (Wildman–Crippen LogP) is 3.95. The average Bonchev–Trinajstić information content (AvgIpc) is 2.69. The van der Waals surface area contributed by atoms with E-state index in [0.29, 0.717) is 11.3 Å². The molecule has 26 heavy (non-hydrogen) atoms. The highest BCUT2D eigenvalue weighted by Gasteiger charge is 2.19. The van der Waals surface area contributed by atoms with Crippen molar-refractivity contribution in [2.24, 2.45) is 0 Å². The molecule has 3 rings (SSSR count). The number of ether oxygens (including phenoxy) is 1. The number of hydrogen-bond donors (Lipinski definition) is 1. The van der Waals surface area contributed by atoms with Gasteiger partial charge in [-0.05, 0) is 56.5 Å². The van der Waals surface area contributed by atoms with Crippen molar-refractivity contribution in [3.8, 4) is 11.8 Å². The van der Waals surface area contributed by atoms with Crippen LogP contribution in [-0.4, -0.2) is 25.1 Å². The first-order chi connectivity index (χ1) is 12.7. The number of benzene rings is 2. The molecular formula is C21H23N3O2. The lowest BCUT2D eigenvalue weighted by atomic mass is 10.1. The largest absolute Gasteiger partial charge is 0.481 e. The number of piperidine rings is 1. The summed E-state index contributed by atoms with van der Waals surface area (Å²) in [5.74, 6) is 0.299. The molecule has 0 bridgehead atoms. The van der Waals surface area contributed by atoms with E-state index in [1.807, 2.05) is 24.3 Å². The van der Waals surface area contributed by atoms with E-state index >= 15 is 0 Å². The van der Waals surface area contributed by atoms with Gasteiger partial charge in [0.2, 0.25) is 0 Å². The van der Waals surface area contributed by atoms with Crippen LogP contribution in [0.3, 0.4) is 0 Å². The summed E-state index contributed by atoms with van der Waals surface area (Å²) in [6.45, 7) is 3.73. The van der Waals surface area contributed by atoms with Gasteiger partial charge in [0.1, 0.15) is 5.75 Å². The van der Waals surface area contributed by atoms with Gasteiger partial charge in [0, 0.05) is 13.1 Å². The Hall–Kier alpha value is -3.00. The van der Waals surface area contributed by atoms with E-state index in [2.05, 4.69) is 16.3 Å². The summed E-state index contributed by atoms with van der Waals surface area (Å²) in [5, 5.41) is 12.0. The Morgan fingerprint density at radius 3 is 2.69 bits per heavy atom. The number of carbonyl (C=O) groups is 1. The van der Waals surface area contributed by atoms with Crippen LogP contribution < -0.4 is 15.0 Å². The van der Waals surface area contributed by atoms with Gasteiger partial charge in [-0.25, -0.2) is 0 Å². The fraction of sp³-hybridized carbons (Fsp3) is 0.333. The van der Waals surface area contributed by atoms with Gasteiger partial charge >= 0.3 is 0 Å². The molecule has 1 atom stereocenters. The third-order valence-electron chi connectivity index (χ3n) is 4.50. The van der Waals surface area contributed by atoms with Crippen LogP contribution in [0.4, 0.5) is 11.4 Å². The lowest BCUT2D eigenvalue weighted by molar-refractivity contribution is -0.122. The predicted molar refractivity (Wildman–Crippen MR) is 102 cm³/mol. The van der Waals surface area contributed by atoms with E-state index < -0.39 is 6.10 Å². The van der Waals surface area contributed by atoms with E-state index in [1.54, 1.807) is 31.2 Å². The maximum atomic E-state index is 12.6. The van der Waals surface area contributed by atoms with Crippen LogP contribution in [0.25, 0.3) is 0 Å². The minimum absolute atomic E-state index is 0.211. The fourth-order valence-electron chi connectivity index (χ4n) is 3.12. The van der Waals surface area contributed by atoms with E-state index in [4.69, 9.17) is 10.00 Å². The highest BCUT2D eigenvalue weighted by molar-refractivity contribution is 5.97. The second kappa shape index (κ2) is 8.39. The molecule has 1 N–H and O–H groups in total. The third kappa shape index (κ3) is 4.34. The number of hydrogen-bond acceptors (Lipinski definition) is 4. The molecule has 2 aromatic rings. The van der Waals surface area contributed by atoms with Crippen molar-refractivity contribution in [1.82, 2.24) is 0 Å². The fourth-order valence-corrected chi connectivity index (χ4v) is 3.12. The summed E-state index contributed by atoms with van der Waals surface area (Å²) >= 11 is 0. The van der Waals surface area contributed by atoms with E-state index in [9.17, 15) is 4.79 Å². The smallest absolute Gasteiger partial charge is 0.265 e. The minimum Gasteiger partial charge on any atom is -0.481 e. The number of rotatable bonds is 5. The van der Waals surface area contributed by atoms with Gasteiger partial charge in [0.15, 0.2) is 6.10 Å². The van der Waals surface area contributed by atoms with Crippen LogP contribution >= 0.6 is 0 Å². The number of anilines is 2. The zero-order valence-electron chi connectivity index (χ0n) is 14.9. The average molecular weight is 349 g/mol. The molecule has 134 valence electrons. The van der Waals surface area contributed by atoms with Gasteiger partial charge in [-0.1, -0.05) is 18.2 Å². The van der Waals surface area contributed by atoms with Crippen LogP contribution in [0.2, 0.25) is 0 Å². The summed E-state index contributed by atoms with van der Waals surface area (Å²) in [5.41, 5.74) is 2.37. The molecule has 0 aliphatic carbocycles. The number of nitrogens with zero attached hydrogens (tertiary/aromatic N) is 2. The summed E-state index contributed by atoms with van der Waals surface area (Å²) in [4.78, 5) is 14.9. The molecule has 1 aliphatic heterocycles. The number of carbonyl (C=O) groups excluding carboxylic acids is 1. The standard InChI is InChI=1S/C21H23N3O2/c1-16(26-18-9-7-8-17(14-18)15-22)21(25)23-19-10-3-4-11-20(19)24-12-5-2-6-13-24/h3-4,7-11,14,16H,2,5-6,12-13H2,1H3,(H,23,25). The zero-order valence-corrected chi connectivity index (χ0v) is 14.9. The van der Waals surface area contributed by atoms with Crippen LogP contribution in [-0.2, 0) is 4.79 Å². The molecule has 1 saturated heterocycles. The highest BCUT2D eigenvalue weighted by atomic mass is 16.5. The summed E-state index contributed by atoms with van der Waals surface area (Å²) < 4.78 is 5.70. The Morgan fingerprint density at radius 2 is 1.92 bits per heavy atom. The first-order valence-electron chi connectivity index (χ1n) is 8.99. The molecule has 5 nitrogen and oxygen atoms in total. The van der Waals surface area contributed by atoms with Gasteiger partial charge in [0.25, 0.3) is 5.91 Å². The Kier molecular flexibility index (Phi) is 5.75. The Morgan fingerprint density at radius 1 is 1.15 bits per heavy atom. The van der Waals surface area contributed by atoms with Gasteiger partial charge in [-0.2, -0.15) is 5.26 Å². The highest BCUT2D eigenvalue weighted by Crippen LogP contribution is 2.28. The molecule has 0 radical (unpaired) electrons. The van der Waals surface area contributed by atoms with Gasteiger partial charge in [-0.15, -0.1) is 0 Å². The Bertz CT molecular complexity index is 807. The molecular weight excluding hydrogens is 326 g/mol. The molecule has 1 amide bonds. The molecule has 1 heterocycles. The van der Waals surface area contributed by atoms with Crippen molar-refractivity contribution in [2.45, 2.75) is 32.3 Å². The number of para-hydroxylation sites is 2. The quantitative estimate of drug-likeness (QED) is 0.887. The number of nitrogens with one attached hydrogen (secondary N) is 1. The van der Waals surface area contributed by atoms with Crippen LogP contribution in [0.15, 0.2) is 48.5 Å². The lowest BCUT2D eigenvalue weighted by Gasteiger charge is -2.30. The SMILES string of the molecule is CC(Oc1cccc(C#N)c1)C(=O)Nc1ccccc1N1CCCCC1. The molecule has 0 aromatic heterocycles. The second-order valence-electron chi connectivity index (χ2n) is 6.45. The van der Waals surface area contributed by atoms with Crippen LogP contribution in [0, 0.1) is 11.3 Å². The molecule has 2 aromatic carbocycles. The van der Waals surface area contributed by atoms with Gasteiger partial charge in [-0.3, -0.25) is 4.79 Å². The number of nitriles is 1. The first-order valence-corrected chi connectivity index (χ1v) is 8.99. The van der Waals surface area contributed by atoms with Crippen molar-refractivity contribution < 1.29 is 9.53 Å². The van der Waals surface area contributed by atoms with Crippen LogP contribution in [0.5, 0.6) is 5.75 Å². The van der Waals surface area contributed by atoms with E-state index in [-0.39, 0.29) is 5.91 Å². The van der Waals surface area contributed by atoms with E-state index in [1.165, 1.54) is 19.3 Å². The first kappa shape index (κ1) is 17.8. The zero-order chi connectivity index (χ0) is 18.4. The van der Waals surface area contributed by atoms with Crippen molar-refractivity contribution in [3.63, 3.8) is 0 Å². The van der Waals surface area contributed by atoms with Crippen molar-refractivity contribution in [2.75, 3.05) is 23.3 Å². The van der Waals surface area contributed by atoms with E-state index in [0.717, 1.165) is 24.5 Å². The second-order valence-corrected chi connectivity index (χ2v) is 6.45. The molecule has 1 aliphatic rings. The van der Waals surface area contributed by atoms with Crippen molar-refractivity contribution in [3.05, 3.63) is 54.1 Å². The van der Waals surface area contributed by atoms with Gasteiger partial charge < -0.3 is 15.0 Å². The maximum absolute atomic E-state index is 12.6. The Labute approximate surface area is 154 Å². The van der Waals surface area contributed by atoms with Crippen molar-refractivity contribution in [1.29, 1.82) is 5.26 Å². The number of amides is 1. The summed E-state index contributed by atoms with van der Waals surface area (Å²) in [6, 6.07) is 16.8. The minimum atomic E-state index is -0.668. The van der Waals surface area contributed by atoms with Crippen molar-refractivity contribution >= 4 is 17.3 Å². The summed E-state index contributed by atoms with van der Waals surface area (Å²) in [6.07, 6.45) is 2.95. The molecule has 0 spiro atoms. The summed E-state index contributed by atoms with van der Waals surface area (Å²) in [7, 11) is 0. The maximum Gasteiger partial charge on any atom is 0.265 e. The Balaban J connectivity index is 1.68. The molecule has 1 unspecified atom stereocenters. The third-order valence-corrected chi connectivity index (χ3v) is 4.50. The monoisotopic (exact) mass is 349 g/mol. The lowest BCUT2D eigenvalue weighted by Crippen LogP contribution is -2.33.